The second-order valence-electron chi connectivity index (χ2n) is 7.31. The van der Waals surface area contributed by atoms with E-state index < -0.39 is 0 Å². The number of benzene rings is 1. The van der Waals surface area contributed by atoms with Crippen molar-refractivity contribution in [1.82, 2.24) is 25.7 Å². The van der Waals surface area contributed by atoms with Gasteiger partial charge in [-0.1, -0.05) is 5.16 Å². The lowest BCUT2D eigenvalue weighted by Gasteiger charge is -2.12. The summed E-state index contributed by atoms with van der Waals surface area (Å²) in [4.78, 5) is 16.8. The molecule has 0 spiro atoms. The highest BCUT2D eigenvalue weighted by Crippen LogP contribution is 2.24. The molecule has 0 fully saturated rings. The molecule has 0 bridgehead atoms. The zero-order chi connectivity index (χ0) is 20.2. The lowest BCUT2D eigenvalue weighted by atomic mass is 9.94. The number of H-pyrrole nitrogens is 1. The van der Waals surface area contributed by atoms with E-state index in [4.69, 9.17) is 9.26 Å². The molecule has 1 aliphatic rings. The molecule has 0 aliphatic heterocycles. The summed E-state index contributed by atoms with van der Waals surface area (Å²) < 4.78 is 10.5. The molecule has 2 N–H and O–H groups in total. The molecule has 1 atom stereocenters. The minimum Gasteiger partial charge on any atom is -0.497 e. The smallest absolute Gasteiger partial charge is 0.249 e. The van der Waals surface area contributed by atoms with Crippen molar-refractivity contribution in [1.29, 1.82) is 0 Å². The first kappa shape index (κ1) is 19.2. The Morgan fingerprint density at radius 2 is 2.07 bits per heavy atom. The van der Waals surface area contributed by atoms with Crippen LogP contribution in [0.4, 0.5) is 0 Å². The molecular weight excluding hydrogens is 370 g/mol. The highest BCUT2D eigenvalue weighted by molar-refractivity contribution is 5.76. The van der Waals surface area contributed by atoms with Gasteiger partial charge in [0.25, 0.3) is 0 Å². The SMILES string of the molecule is COc1ccc(-c2noc(C(C)NC(=O)CCc3n[nH]c4c3CCCC4)n2)cc1. The second-order valence-corrected chi connectivity index (χ2v) is 7.31. The lowest BCUT2D eigenvalue weighted by Crippen LogP contribution is -2.27. The Morgan fingerprint density at radius 3 is 2.86 bits per heavy atom. The van der Waals surface area contributed by atoms with Crippen LogP contribution in [-0.2, 0) is 24.1 Å². The molecule has 1 aliphatic carbocycles. The molecule has 3 aromatic rings. The van der Waals surface area contributed by atoms with Crippen LogP contribution in [0.5, 0.6) is 5.75 Å². The number of ether oxygens (including phenoxy) is 1. The summed E-state index contributed by atoms with van der Waals surface area (Å²) in [5, 5.41) is 14.5. The van der Waals surface area contributed by atoms with Crippen LogP contribution < -0.4 is 10.1 Å². The van der Waals surface area contributed by atoms with E-state index in [-0.39, 0.29) is 11.9 Å². The summed E-state index contributed by atoms with van der Waals surface area (Å²) in [7, 11) is 1.62. The Balaban J connectivity index is 1.33. The van der Waals surface area contributed by atoms with E-state index in [1.54, 1.807) is 7.11 Å². The number of hydrogen-bond acceptors (Lipinski definition) is 6. The predicted molar refractivity (Wildman–Crippen MR) is 106 cm³/mol. The average Bonchev–Trinajstić information content (AvgIpc) is 3.40. The second kappa shape index (κ2) is 8.46. The first-order chi connectivity index (χ1) is 14.1. The van der Waals surface area contributed by atoms with Gasteiger partial charge in [-0.25, -0.2) is 0 Å². The number of amides is 1. The van der Waals surface area contributed by atoms with Crippen LogP contribution in [0, 0.1) is 0 Å². The van der Waals surface area contributed by atoms with E-state index in [0.717, 1.165) is 29.8 Å². The number of hydrogen-bond donors (Lipinski definition) is 2. The number of aryl methyl sites for hydroxylation is 2. The number of methoxy groups -OCH3 is 1. The quantitative estimate of drug-likeness (QED) is 0.636. The van der Waals surface area contributed by atoms with Crippen LogP contribution in [0.3, 0.4) is 0 Å². The molecule has 1 amide bonds. The molecule has 4 rings (SSSR count). The fourth-order valence-corrected chi connectivity index (χ4v) is 3.63. The van der Waals surface area contributed by atoms with Gasteiger partial charge in [0.2, 0.25) is 17.6 Å². The van der Waals surface area contributed by atoms with Gasteiger partial charge in [0.1, 0.15) is 11.8 Å². The first-order valence-electron chi connectivity index (χ1n) is 9.96. The number of carbonyl (C=O) groups excluding carboxylic acids is 1. The van der Waals surface area contributed by atoms with Crippen molar-refractivity contribution in [3.63, 3.8) is 0 Å². The largest absolute Gasteiger partial charge is 0.497 e. The number of rotatable bonds is 7. The molecule has 0 radical (unpaired) electrons. The zero-order valence-corrected chi connectivity index (χ0v) is 16.7. The van der Waals surface area contributed by atoms with Crippen molar-refractivity contribution in [2.75, 3.05) is 7.11 Å². The monoisotopic (exact) mass is 395 g/mol. The Morgan fingerprint density at radius 1 is 1.28 bits per heavy atom. The van der Waals surface area contributed by atoms with E-state index in [2.05, 4.69) is 25.7 Å². The van der Waals surface area contributed by atoms with Crippen molar-refractivity contribution < 1.29 is 14.1 Å². The highest BCUT2D eigenvalue weighted by atomic mass is 16.5. The lowest BCUT2D eigenvalue weighted by molar-refractivity contribution is -0.121. The molecule has 8 nitrogen and oxygen atoms in total. The Labute approximate surface area is 169 Å². The Bertz CT molecular complexity index is 977. The molecular formula is C21H25N5O3. The van der Waals surface area contributed by atoms with Crippen molar-refractivity contribution in [3.05, 3.63) is 47.1 Å². The van der Waals surface area contributed by atoms with E-state index in [0.29, 0.717) is 24.6 Å². The molecule has 0 saturated carbocycles. The Hall–Kier alpha value is -3.16. The van der Waals surface area contributed by atoms with Crippen molar-refractivity contribution in [2.24, 2.45) is 0 Å². The van der Waals surface area contributed by atoms with Gasteiger partial charge < -0.3 is 14.6 Å². The van der Waals surface area contributed by atoms with Crippen molar-refractivity contribution >= 4 is 5.91 Å². The number of fused-ring (bicyclic) bond motifs is 1. The van der Waals surface area contributed by atoms with Gasteiger partial charge in [0.05, 0.1) is 12.8 Å². The van der Waals surface area contributed by atoms with Gasteiger partial charge in [0.15, 0.2) is 0 Å². The normalized spacial score (nSPS) is 14.3. The summed E-state index contributed by atoms with van der Waals surface area (Å²) in [6, 6.07) is 7.03. The molecule has 152 valence electrons. The Kier molecular flexibility index (Phi) is 5.59. The maximum absolute atomic E-state index is 12.4. The van der Waals surface area contributed by atoms with Crippen LogP contribution in [0.1, 0.15) is 55.1 Å². The maximum Gasteiger partial charge on any atom is 0.249 e. The topological polar surface area (TPSA) is 106 Å². The third kappa shape index (κ3) is 4.31. The van der Waals surface area contributed by atoms with Gasteiger partial charge in [-0.2, -0.15) is 10.1 Å². The van der Waals surface area contributed by atoms with Gasteiger partial charge in [-0.05, 0) is 62.4 Å². The minimum atomic E-state index is -0.366. The third-order valence-corrected chi connectivity index (χ3v) is 5.27. The van der Waals surface area contributed by atoms with Crippen LogP contribution in [0.2, 0.25) is 0 Å². The molecule has 29 heavy (non-hydrogen) atoms. The molecule has 1 aromatic carbocycles. The predicted octanol–water partition coefficient (Wildman–Crippen LogP) is 3.16. The van der Waals surface area contributed by atoms with Gasteiger partial charge >= 0.3 is 0 Å². The maximum atomic E-state index is 12.4. The molecule has 8 heteroatoms. The highest BCUT2D eigenvalue weighted by Gasteiger charge is 2.20. The molecule has 1 unspecified atom stereocenters. The van der Waals surface area contributed by atoms with Crippen molar-refractivity contribution in [3.8, 4) is 17.1 Å². The third-order valence-electron chi connectivity index (χ3n) is 5.27. The summed E-state index contributed by atoms with van der Waals surface area (Å²) in [5.41, 5.74) is 4.37. The molecule has 2 heterocycles. The number of aromatic amines is 1. The fourth-order valence-electron chi connectivity index (χ4n) is 3.63. The number of nitrogens with one attached hydrogen (secondary N) is 2. The number of carbonyl (C=O) groups is 1. The van der Waals surface area contributed by atoms with Crippen LogP contribution >= 0.6 is 0 Å². The van der Waals surface area contributed by atoms with Gasteiger partial charge in [0, 0.05) is 24.1 Å². The summed E-state index contributed by atoms with van der Waals surface area (Å²) in [6.07, 6.45) is 5.51. The summed E-state index contributed by atoms with van der Waals surface area (Å²) in [5.74, 6) is 1.55. The number of aromatic nitrogens is 4. The van der Waals surface area contributed by atoms with Crippen LogP contribution in [0.15, 0.2) is 28.8 Å². The van der Waals surface area contributed by atoms with Gasteiger partial charge in [-0.15, -0.1) is 0 Å². The minimum absolute atomic E-state index is 0.0609. The van der Waals surface area contributed by atoms with E-state index in [1.807, 2.05) is 31.2 Å². The average molecular weight is 395 g/mol. The van der Waals surface area contributed by atoms with Crippen molar-refractivity contribution in [2.45, 2.75) is 51.5 Å². The van der Waals surface area contributed by atoms with Gasteiger partial charge in [-0.3, -0.25) is 9.89 Å². The summed E-state index contributed by atoms with van der Waals surface area (Å²) in [6.45, 7) is 1.83. The molecule has 2 aromatic heterocycles. The standard InChI is InChI=1S/C21H25N5O3/c1-13(21-23-20(26-29-21)14-7-9-15(28-2)10-8-14)22-19(27)12-11-18-16-5-3-4-6-17(16)24-25-18/h7-10,13H,3-6,11-12H2,1-2H3,(H,22,27)(H,24,25). The number of nitrogens with zero attached hydrogens (tertiary/aromatic N) is 3. The first-order valence-corrected chi connectivity index (χ1v) is 9.96. The van der Waals surface area contributed by atoms with E-state index in [1.165, 1.54) is 24.1 Å². The fraction of sp³-hybridized carbons (Fsp3) is 0.429. The summed E-state index contributed by atoms with van der Waals surface area (Å²) >= 11 is 0. The van der Waals surface area contributed by atoms with Crippen LogP contribution in [0.25, 0.3) is 11.4 Å². The zero-order valence-electron chi connectivity index (χ0n) is 16.7. The van der Waals surface area contributed by atoms with Crippen LogP contribution in [-0.4, -0.2) is 33.4 Å². The van der Waals surface area contributed by atoms with E-state index in [9.17, 15) is 4.79 Å². The van der Waals surface area contributed by atoms with E-state index >= 15 is 0 Å². The molecule has 0 saturated heterocycles.